The van der Waals surface area contributed by atoms with Gasteiger partial charge in [0, 0.05) is 6.07 Å². The standard InChI is InChI=1S/C11H13NO6/c1-6(2)18-9-7(11(13)14)4-5-8(12(15)16)10(9)17-3/h4-6H,1-3H3,(H,13,14). The third-order valence-corrected chi connectivity index (χ3v) is 2.08. The number of carboxylic acid groups (broad SMARTS) is 1. The van der Waals surface area contributed by atoms with Crippen LogP contribution in [0, 0.1) is 10.1 Å². The summed E-state index contributed by atoms with van der Waals surface area (Å²) < 4.78 is 10.2. The molecule has 0 aliphatic carbocycles. The number of carboxylic acids is 1. The summed E-state index contributed by atoms with van der Waals surface area (Å²) in [5.41, 5.74) is -0.510. The molecule has 0 amide bonds. The smallest absolute Gasteiger partial charge is 0.339 e. The van der Waals surface area contributed by atoms with E-state index in [1.807, 2.05) is 0 Å². The fraction of sp³-hybridized carbons (Fsp3) is 0.364. The van der Waals surface area contributed by atoms with E-state index in [1.165, 1.54) is 7.11 Å². The minimum atomic E-state index is -1.24. The number of hydrogen-bond donors (Lipinski definition) is 1. The second-order valence-electron chi connectivity index (χ2n) is 3.72. The molecule has 0 saturated heterocycles. The molecule has 0 spiro atoms. The van der Waals surface area contributed by atoms with Gasteiger partial charge in [0.25, 0.3) is 0 Å². The third kappa shape index (κ3) is 2.68. The Balaban J connectivity index is 3.50. The number of rotatable bonds is 5. The van der Waals surface area contributed by atoms with Crippen LogP contribution in [0.25, 0.3) is 0 Å². The Morgan fingerprint density at radius 2 is 2.00 bits per heavy atom. The van der Waals surface area contributed by atoms with E-state index in [0.29, 0.717) is 0 Å². The lowest BCUT2D eigenvalue weighted by Gasteiger charge is -2.15. The van der Waals surface area contributed by atoms with E-state index in [2.05, 4.69) is 0 Å². The van der Waals surface area contributed by atoms with Crippen molar-refractivity contribution in [3.05, 3.63) is 27.8 Å². The van der Waals surface area contributed by atoms with Crippen LogP contribution in [0.2, 0.25) is 0 Å². The molecule has 0 atom stereocenters. The van der Waals surface area contributed by atoms with Gasteiger partial charge < -0.3 is 14.6 Å². The molecule has 0 saturated carbocycles. The molecule has 0 bridgehead atoms. The number of carbonyl (C=O) groups is 1. The van der Waals surface area contributed by atoms with Crippen LogP contribution in [0.15, 0.2) is 12.1 Å². The first-order valence-corrected chi connectivity index (χ1v) is 5.13. The number of nitrogens with zero attached hydrogens (tertiary/aromatic N) is 1. The Kier molecular flexibility index (Phi) is 4.09. The molecule has 0 fully saturated rings. The molecule has 0 aliphatic heterocycles. The summed E-state index contributed by atoms with van der Waals surface area (Å²) in [6.45, 7) is 3.37. The third-order valence-electron chi connectivity index (χ3n) is 2.08. The van der Waals surface area contributed by atoms with Crippen molar-refractivity contribution in [1.82, 2.24) is 0 Å². The van der Waals surface area contributed by atoms with Crippen LogP contribution in [-0.4, -0.2) is 29.2 Å². The Labute approximate surface area is 103 Å². The Morgan fingerprint density at radius 3 is 2.39 bits per heavy atom. The molecular formula is C11H13NO6. The molecule has 18 heavy (non-hydrogen) atoms. The van der Waals surface area contributed by atoms with Gasteiger partial charge in [-0.05, 0) is 19.9 Å². The van der Waals surface area contributed by atoms with Gasteiger partial charge in [0.15, 0.2) is 5.75 Å². The lowest BCUT2D eigenvalue weighted by atomic mass is 10.1. The van der Waals surface area contributed by atoms with Crippen molar-refractivity contribution in [2.75, 3.05) is 7.11 Å². The van der Waals surface area contributed by atoms with Gasteiger partial charge in [-0.25, -0.2) is 4.79 Å². The van der Waals surface area contributed by atoms with Crippen LogP contribution in [0.5, 0.6) is 11.5 Å². The zero-order valence-corrected chi connectivity index (χ0v) is 10.2. The van der Waals surface area contributed by atoms with Crippen LogP contribution < -0.4 is 9.47 Å². The second kappa shape index (κ2) is 5.35. The maximum atomic E-state index is 11.0. The average molecular weight is 255 g/mol. The minimum Gasteiger partial charge on any atom is -0.488 e. The van der Waals surface area contributed by atoms with Crippen molar-refractivity contribution in [2.24, 2.45) is 0 Å². The fourth-order valence-corrected chi connectivity index (χ4v) is 1.41. The lowest BCUT2D eigenvalue weighted by Crippen LogP contribution is -2.12. The topological polar surface area (TPSA) is 98.9 Å². The molecule has 0 radical (unpaired) electrons. The van der Waals surface area contributed by atoms with Gasteiger partial charge in [-0.1, -0.05) is 0 Å². The molecular weight excluding hydrogens is 242 g/mol. The highest BCUT2D eigenvalue weighted by Gasteiger charge is 2.26. The largest absolute Gasteiger partial charge is 0.488 e. The van der Waals surface area contributed by atoms with Crippen molar-refractivity contribution >= 4 is 11.7 Å². The predicted octanol–water partition coefficient (Wildman–Crippen LogP) is 2.09. The van der Waals surface area contributed by atoms with Crippen LogP contribution in [-0.2, 0) is 0 Å². The van der Waals surface area contributed by atoms with Crippen molar-refractivity contribution in [3.63, 3.8) is 0 Å². The van der Waals surface area contributed by atoms with Crippen molar-refractivity contribution in [2.45, 2.75) is 20.0 Å². The summed E-state index contributed by atoms with van der Waals surface area (Å²) in [5, 5.41) is 19.8. The Hall–Kier alpha value is -2.31. The molecule has 7 heteroatoms. The number of ether oxygens (including phenoxy) is 2. The molecule has 0 heterocycles. The number of methoxy groups -OCH3 is 1. The van der Waals surface area contributed by atoms with E-state index in [4.69, 9.17) is 14.6 Å². The first-order valence-electron chi connectivity index (χ1n) is 5.13. The summed E-state index contributed by atoms with van der Waals surface area (Å²) in [7, 11) is 1.22. The zero-order chi connectivity index (χ0) is 13.9. The molecule has 7 nitrogen and oxygen atoms in total. The number of nitro benzene ring substituents is 1. The molecule has 1 N–H and O–H groups in total. The van der Waals surface area contributed by atoms with E-state index in [9.17, 15) is 14.9 Å². The van der Waals surface area contributed by atoms with Crippen LogP contribution >= 0.6 is 0 Å². The predicted molar refractivity (Wildman–Crippen MR) is 62.4 cm³/mol. The first-order chi connectivity index (χ1) is 8.38. The number of hydrogen-bond acceptors (Lipinski definition) is 5. The summed E-state index contributed by atoms with van der Waals surface area (Å²) in [4.78, 5) is 21.2. The Bertz CT molecular complexity index is 483. The van der Waals surface area contributed by atoms with Crippen molar-refractivity contribution < 1.29 is 24.3 Å². The van der Waals surface area contributed by atoms with E-state index < -0.39 is 10.9 Å². The van der Waals surface area contributed by atoms with E-state index in [-0.39, 0.29) is 28.9 Å². The second-order valence-corrected chi connectivity index (χ2v) is 3.72. The van der Waals surface area contributed by atoms with Gasteiger partial charge in [0.2, 0.25) is 5.75 Å². The normalized spacial score (nSPS) is 10.2. The molecule has 0 unspecified atom stereocenters. The van der Waals surface area contributed by atoms with Crippen molar-refractivity contribution in [3.8, 4) is 11.5 Å². The maximum absolute atomic E-state index is 11.0. The highest BCUT2D eigenvalue weighted by molar-refractivity contribution is 5.93. The maximum Gasteiger partial charge on any atom is 0.339 e. The van der Waals surface area contributed by atoms with E-state index in [0.717, 1.165) is 12.1 Å². The Morgan fingerprint density at radius 1 is 1.39 bits per heavy atom. The number of aromatic carboxylic acids is 1. The highest BCUT2D eigenvalue weighted by atomic mass is 16.6. The van der Waals surface area contributed by atoms with Gasteiger partial charge in [-0.15, -0.1) is 0 Å². The number of nitro groups is 1. The van der Waals surface area contributed by atoms with Gasteiger partial charge >= 0.3 is 11.7 Å². The van der Waals surface area contributed by atoms with Crippen LogP contribution in [0.4, 0.5) is 5.69 Å². The monoisotopic (exact) mass is 255 g/mol. The van der Waals surface area contributed by atoms with Crippen LogP contribution in [0.3, 0.4) is 0 Å². The van der Waals surface area contributed by atoms with Gasteiger partial charge in [-0.3, -0.25) is 10.1 Å². The zero-order valence-electron chi connectivity index (χ0n) is 10.2. The average Bonchev–Trinajstić information content (AvgIpc) is 2.26. The van der Waals surface area contributed by atoms with Gasteiger partial charge in [0.1, 0.15) is 5.56 Å². The summed E-state index contributed by atoms with van der Waals surface area (Å²) >= 11 is 0. The van der Waals surface area contributed by atoms with E-state index in [1.54, 1.807) is 13.8 Å². The van der Waals surface area contributed by atoms with Crippen LogP contribution in [0.1, 0.15) is 24.2 Å². The fourth-order valence-electron chi connectivity index (χ4n) is 1.41. The molecule has 0 aromatic heterocycles. The molecule has 1 aromatic rings. The summed E-state index contributed by atoms with van der Waals surface area (Å²) in [6, 6.07) is 2.20. The summed E-state index contributed by atoms with van der Waals surface area (Å²) in [5.74, 6) is -1.55. The first kappa shape index (κ1) is 13.8. The lowest BCUT2D eigenvalue weighted by molar-refractivity contribution is -0.385. The minimum absolute atomic E-state index is 0.130. The molecule has 1 rings (SSSR count). The number of benzene rings is 1. The summed E-state index contributed by atoms with van der Waals surface area (Å²) in [6.07, 6.45) is -0.334. The van der Waals surface area contributed by atoms with Gasteiger partial charge in [0.05, 0.1) is 18.1 Å². The van der Waals surface area contributed by atoms with Crippen molar-refractivity contribution in [1.29, 1.82) is 0 Å². The SMILES string of the molecule is COc1c([N+](=O)[O-])ccc(C(=O)O)c1OC(C)C. The van der Waals surface area contributed by atoms with E-state index >= 15 is 0 Å². The molecule has 1 aromatic carbocycles. The molecule has 0 aliphatic rings. The molecule has 98 valence electrons. The highest BCUT2D eigenvalue weighted by Crippen LogP contribution is 2.40. The quantitative estimate of drug-likeness (QED) is 0.638. The van der Waals surface area contributed by atoms with Gasteiger partial charge in [-0.2, -0.15) is 0 Å².